The average Bonchev–Trinajstić information content (AvgIpc) is 3.03. The predicted octanol–water partition coefficient (Wildman–Crippen LogP) is 3.26. The van der Waals surface area contributed by atoms with Crippen molar-refractivity contribution >= 4 is 11.9 Å². The SMILES string of the molecule is CCn1ncc(C(=O)/C=C/C=C/c2ccco2)c1C. The van der Waals surface area contributed by atoms with Gasteiger partial charge in [-0.1, -0.05) is 12.2 Å². The van der Waals surface area contributed by atoms with Gasteiger partial charge in [-0.2, -0.15) is 5.10 Å². The van der Waals surface area contributed by atoms with Crippen molar-refractivity contribution in [3.05, 3.63) is 59.8 Å². The van der Waals surface area contributed by atoms with Crippen LogP contribution >= 0.6 is 0 Å². The maximum Gasteiger partial charge on any atom is 0.189 e. The topological polar surface area (TPSA) is 48.0 Å². The molecule has 0 saturated carbocycles. The van der Waals surface area contributed by atoms with E-state index in [0.29, 0.717) is 5.56 Å². The number of aromatic nitrogens is 2. The molecule has 0 aliphatic carbocycles. The number of hydrogen-bond donors (Lipinski definition) is 0. The van der Waals surface area contributed by atoms with Crippen LogP contribution in [0, 0.1) is 6.92 Å². The van der Waals surface area contributed by atoms with Crippen molar-refractivity contribution in [1.82, 2.24) is 9.78 Å². The van der Waals surface area contributed by atoms with Crippen molar-refractivity contribution < 1.29 is 9.21 Å². The third-order valence-electron chi connectivity index (χ3n) is 2.83. The molecule has 0 aliphatic heterocycles. The smallest absolute Gasteiger partial charge is 0.189 e. The predicted molar refractivity (Wildman–Crippen MR) is 73.9 cm³/mol. The Labute approximate surface area is 112 Å². The highest BCUT2D eigenvalue weighted by molar-refractivity contribution is 6.05. The summed E-state index contributed by atoms with van der Waals surface area (Å²) in [5.41, 5.74) is 1.54. The van der Waals surface area contributed by atoms with Crippen molar-refractivity contribution in [3.8, 4) is 0 Å². The molecule has 2 heterocycles. The summed E-state index contributed by atoms with van der Waals surface area (Å²) in [6.45, 7) is 4.66. The number of rotatable bonds is 5. The molecule has 2 aromatic rings. The van der Waals surface area contributed by atoms with Crippen molar-refractivity contribution in [1.29, 1.82) is 0 Å². The number of hydrogen-bond acceptors (Lipinski definition) is 3. The lowest BCUT2D eigenvalue weighted by Crippen LogP contribution is -2.01. The lowest BCUT2D eigenvalue weighted by molar-refractivity contribution is 0.104. The molecule has 0 atom stereocenters. The minimum atomic E-state index is -0.0405. The first-order chi connectivity index (χ1) is 9.22. The lowest BCUT2D eigenvalue weighted by atomic mass is 10.1. The zero-order chi connectivity index (χ0) is 13.7. The summed E-state index contributed by atoms with van der Waals surface area (Å²) in [5, 5.41) is 4.15. The van der Waals surface area contributed by atoms with Gasteiger partial charge in [-0.15, -0.1) is 0 Å². The molecular formula is C15H16N2O2. The van der Waals surface area contributed by atoms with Gasteiger partial charge in [0.2, 0.25) is 0 Å². The second kappa shape index (κ2) is 6.00. The minimum Gasteiger partial charge on any atom is -0.465 e. The van der Waals surface area contributed by atoms with Gasteiger partial charge >= 0.3 is 0 Å². The quantitative estimate of drug-likeness (QED) is 0.468. The molecule has 0 unspecified atom stereocenters. The number of aryl methyl sites for hydroxylation is 1. The molecule has 0 amide bonds. The molecule has 0 aromatic carbocycles. The molecule has 19 heavy (non-hydrogen) atoms. The Morgan fingerprint density at radius 1 is 1.47 bits per heavy atom. The Kier molecular flexibility index (Phi) is 4.13. The second-order valence-electron chi connectivity index (χ2n) is 4.06. The molecule has 98 valence electrons. The maximum atomic E-state index is 12.0. The van der Waals surface area contributed by atoms with Crippen molar-refractivity contribution in [3.63, 3.8) is 0 Å². The first kappa shape index (κ1) is 13.1. The van der Waals surface area contributed by atoms with Crippen LogP contribution in [-0.2, 0) is 6.54 Å². The van der Waals surface area contributed by atoms with E-state index in [1.165, 1.54) is 6.08 Å². The van der Waals surface area contributed by atoms with E-state index >= 15 is 0 Å². The van der Waals surface area contributed by atoms with Crippen LogP contribution in [-0.4, -0.2) is 15.6 Å². The number of allylic oxidation sites excluding steroid dienone is 3. The summed E-state index contributed by atoms with van der Waals surface area (Å²) >= 11 is 0. The fraction of sp³-hybridized carbons (Fsp3) is 0.200. The molecule has 2 aromatic heterocycles. The Morgan fingerprint density at radius 2 is 2.32 bits per heavy atom. The monoisotopic (exact) mass is 256 g/mol. The van der Waals surface area contributed by atoms with Crippen LogP contribution in [0.2, 0.25) is 0 Å². The first-order valence-electron chi connectivity index (χ1n) is 6.17. The highest BCUT2D eigenvalue weighted by atomic mass is 16.3. The molecule has 0 N–H and O–H groups in total. The van der Waals surface area contributed by atoms with E-state index in [1.54, 1.807) is 35.4 Å². The van der Waals surface area contributed by atoms with Crippen molar-refractivity contribution in [2.24, 2.45) is 0 Å². The second-order valence-corrected chi connectivity index (χ2v) is 4.06. The molecular weight excluding hydrogens is 240 g/mol. The Balaban J connectivity index is 2.02. The van der Waals surface area contributed by atoms with E-state index in [2.05, 4.69) is 5.10 Å². The molecule has 0 fully saturated rings. The largest absolute Gasteiger partial charge is 0.465 e. The van der Waals surface area contributed by atoms with Gasteiger partial charge in [0.05, 0.1) is 18.0 Å². The summed E-state index contributed by atoms with van der Waals surface area (Å²) < 4.78 is 6.95. The third-order valence-corrected chi connectivity index (χ3v) is 2.83. The number of nitrogens with zero attached hydrogens (tertiary/aromatic N) is 2. The van der Waals surface area contributed by atoms with E-state index in [4.69, 9.17) is 4.42 Å². The van der Waals surface area contributed by atoms with Gasteiger partial charge in [0.25, 0.3) is 0 Å². The summed E-state index contributed by atoms with van der Waals surface area (Å²) in [7, 11) is 0. The zero-order valence-electron chi connectivity index (χ0n) is 11.0. The van der Waals surface area contributed by atoms with Crippen LogP contribution in [0.5, 0.6) is 0 Å². The van der Waals surface area contributed by atoms with Gasteiger partial charge in [0.15, 0.2) is 5.78 Å². The Morgan fingerprint density at radius 3 is 2.95 bits per heavy atom. The average molecular weight is 256 g/mol. The van der Waals surface area contributed by atoms with Gasteiger partial charge in [0, 0.05) is 12.2 Å². The van der Waals surface area contributed by atoms with E-state index in [1.807, 2.05) is 26.0 Å². The van der Waals surface area contributed by atoms with Crippen LogP contribution in [0.15, 0.2) is 47.2 Å². The van der Waals surface area contributed by atoms with Crippen LogP contribution in [0.4, 0.5) is 0 Å². The van der Waals surface area contributed by atoms with Gasteiger partial charge in [-0.05, 0) is 38.1 Å². The van der Waals surface area contributed by atoms with Crippen LogP contribution in [0.1, 0.15) is 28.7 Å². The fourth-order valence-corrected chi connectivity index (χ4v) is 1.78. The highest BCUT2D eigenvalue weighted by Gasteiger charge is 2.10. The Bertz CT molecular complexity index is 604. The molecule has 0 radical (unpaired) electrons. The first-order valence-corrected chi connectivity index (χ1v) is 6.17. The number of carbonyl (C=O) groups excluding carboxylic acids is 1. The van der Waals surface area contributed by atoms with E-state index in [0.717, 1.165) is 18.0 Å². The van der Waals surface area contributed by atoms with Crippen LogP contribution < -0.4 is 0 Å². The number of carbonyl (C=O) groups is 1. The summed E-state index contributed by atoms with van der Waals surface area (Å²) in [6.07, 6.45) is 10.0. The maximum absolute atomic E-state index is 12.0. The van der Waals surface area contributed by atoms with E-state index < -0.39 is 0 Å². The number of ketones is 1. The minimum absolute atomic E-state index is 0.0405. The summed E-state index contributed by atoms with van der Waals surface area (Å²) in [6, 6.07) is 3.67. The summed E-state index contributed by atoms with van der Waals surface area (Å²) in [4.78, 5) is 12.0. The molecule has 0 saturated heterocycles. The van der Waals surface area contributed by atoms with E-state index in [-0.39, 0.29) is 5.78 Å². The highest BCUT2D eigenvalue weighted by Crippen LogP contribution is 2.09. The molecule has 2 rings (SSSR count). The summed E-state index contributed by atoms with van der Waals surface area (Å²) in [5.74, 6) is 0.716. The third kappa shape index (κ3) is 3.10. The van der Waals surface area contributed by atoms with Gasteiger partial charge in [-0.3, -0.25) is 9.48 Å². The lowest BCUT2D eigenvalue weighted by Gasteiger charge is -1.98. The Hall–Kier alpha value is -2.36. The molecule has 0 bridgehead atoms. The molecule has 0 spiro atoms. The fourth-order valence-electron chi connectivity index (χ4n) is 1.78. The van der Waals surface area contributed by atoms with Crippen LogP contribution in [0.3, 0.4) is 0 Å². The van der Waals surface area contributed by atoms with Crippen molar-refractivity contribution in [2.75, 3.05) is 0 Å². The van der Waals surface area contributed by atoms with Gasteiger partial charge < -0.3 is 4.42 Å². The van der Waals surface area contributed by atoms with E-state index in [9.17, 15) is 4.79 Å². The molecule has 0 aliphatic rings. The molecule has 4 nitrogen and oxygen atoms in total. The normalized spacial score (nSPS) is 11.7. The zero-order valence-corrected chi connectivity index (χ0v) is 11.0. The molecule has 4 heteroatoms. The van der Waals surface area contributed by atoms with Crippen LogP contribution in [0.25, 0.3) is 6.08 Å². The van der Waals surface area contributed by atoms with Crippen molar-refractivity contribution in [2.45, 2.75) is 20.4 Å². The van der Waals surface area contributed by atoms with Gasteiger partial charge in [-0.25, -0.2) is 0 Å². The number of furan rings is 1. The standard InChI is InChI=1S/C15H16N2O2/c1-3-17-12(2)14(11-16-17)15(18)9-5-4-7-13-8-6-10-19-13/h4-11H,3H2,1-2H3/b7-4+,9-5+. The van der Waals surface area contributed by atoms with Gasteiger partial charge in [0.1, 0.15) is 5.76 Å².